The molecule has 3 heterocycles. The molecule has 3 aromatic heterocycles. The van der Waals surface area contributed by atoms with Gasteiger partial charge in [-0.1, -0.05) is 176 Å². The van der Waals surface area contributed by atoms with Crippen LogP contribution in [0.25, 0.3) is 106 Å². The summed E-state index contributed by atoms with van der Waals surface area (Å²) in [5.41, 5.74) is 14.1. The Bertz CT molecular complexity index is 3150. The van der Waals surface area contributed by atoms with Gasteiger partial charge in [-0.05, 0) is 46.5 Å². The Morgan fingerprint density at radius 3 is 1.46 bits per heavy atom. The number of benzene rings is 8. The van der Waals surface area contributed by atoms with Crippen LogP contribution in [0.4, 0.5) is 0 Å². The highest BCUT2D eigenvalue weighted by atomic mass is 16.3. The van der Waals surface area contributed by atoms with Crippen molar-refractivity contribution < 1.29 is 4.42 Å². The highest BCUT2D eigenvalue weighted by Crippen LogP contribution is 2.47. The van der Waals surface area contributed by atoms with Gasteiger partial charge < -0.3 is 4.42 Å². The zero-order valence-electron chi connectivity index (χ0n) is 30.3. The topological polar surface area (TPSA) is 43.9 Å². The standard InChI is InChI=1S/C52H33N3O/c1-6-17-34(18-7-1)39-29-30-46-43(31-39)48-47(55(46)52-53-44(37-23-12-4-13-24-37)33-45(54-52)38-25-14-5-15-26-38)32-42(36-21-10-3-11-22-36)51-49(48)41-28-16-27-40(50(41)56-51)35-19-8-2-9-20-35/h1-33H. The highest BCUT2D eigenvalue weighted by Gasteiger charge is 2.25. The second-order valence-electron chi connectivity index (χ2n) is 14.1. The van der Waals surface area contributed by atoms with Crippen LogP contribution >= 0.6 is 0 Å². The van der Waals surface area contributed by atoms with Crippen LogP contribution in [-0.4, -0.2) is 14.5 Å². The number of furan rings is 1. The Morgan fingerprint density at radius 2 is 0.875 bits per heavy atom. The maximum Gasteiger partial charge on any atom is 0.235 e. The fourth-order valence-electron chi connectivity index (χ4n) is 8.22. The van der Waals surface area contributed by atoms with Gasteiger partial charge in [0.15, 0.2) is 0 Å². The summed E-state index contributed by atoms with van der Waals surface area (Å²) in [6, 6.07) is 70.0. The first-order valence-corrected chi connectivity index (χ1v) is 18.9. The normalized spacial score (nSPS) is 11.6. The van der Waals surface area contributed by atoms with E-state index in [-0.39, 0.29) is 0 Å². The van der Waals surface area contributed by atoms with Gasteiger partial charge in [-0.3, -0.25) is 4.57 Å². The molecule has 11 aromatic rings. The summed E-state index contributed by atoms with van der Waals surface area (Å²) in [6.07, 6.45) is 0. The van der Waals surface area contributed by atoms with Crippen LogP contribution in [0.1, 0.15) is 0 Å². The van der Waals surface area contributed by atoms with E-state index in [0.29, 0.717) is 5.95 Å². The van der Waals surface area contributed by atoms with Gasteiger partial charge in [-0.15, -0.1) is 0 Å². The molecule has 0 unspecified atom stereocenters. The van der Waals surface area contributed by atoms with Crippen molar-refractivity contribution in [3.05, 3.63) is 200 Å². The zero-order chi connectivity index (χ0) is 37.0. The Morgan fingerprint density at radius 1 is 0.339 bits per heavy atom. The summed E-state index contributed by atoms with van der Waals surface area (Å²) < 4.78 is 9.38. The van der Waals surface area contributed by atoms with E-state index in [1.807, 2.05) is 12.1 Å². The molecule has 11 rings (SSSR count). The fraction of sp³-hybridized carbons (Fsp3) is 0. The molecule has 0 N–H and O–H groups in total. The molecular weight excluding hydrogens is 683 g/mol. The Kier molecular flexibility index (Phi) is 7.46. The highest BCUT2D eigenvalue weighted by molar-refractivity contribution is 6.31. The van der Waals surface area contributed by atoms with Crippen molar-refractivity contribution in [1.82, 2.24) is 14.5 Å². The van der Waals surface area contributed by atoms with Crippen molar-refractivity contribution in [2.24, 2.45) is 0 Å². The average molecular weight is 716 g/mol. The molecule has 0 saturated carbocycles. The van der Waals surface area contributed by atoms with E-state index in [0.717, 1.165) is 99.6 Å². The predicted octanol–water partition coefficient (Wildman–Crippen LogP) is 13.8. The minimum Gasteiger partial charge on any atom is -0.455 e. The first-order chi connectivity index (χ1) is 27.8. The Hall–Kier alpha value is -7.56. The van der Waals surface area contributed by atoms with E-state index in [9.17, 15) is 0 Å². The number of hydrogen-bond donors (Lipinski definition) is 0. The lowest BCUT2D eigenvalue weighted by Gasteiger charge is -2.12. The molecule has 0 saturated heterocycles. The average Bonchev–Trinajstić information content (AvgIpc) is 3.83. The van der Waals surface area contributed by atoms with E-state index in [1.165, 1.54) is 0 Å². The van der Waals surface area contributed by atoms with Gasteiger partial charge >= 0.3 is 0 Å². The molecule has 4 heteroatoms. The SMILES string of the molecule is c1ccc(-c2ccc3c(c2)c2c4c(oc5c(-c6ccccc6)cccc54)c(-c4ccccc4)cc2n3-c2nc(-c3ccccc3)cc(-c3ccccc3)n2)cc1. The fourth-order valence-corrected chi connectivity index (χ4v) is 8.22. The molecule has 0 bridgehead atoms. The summed E-state index contributed by atoms with van der Waals surface area (Å²) in [7, 11) is 0. The number of nitrogens with zero attached hydrogens (tertiary/aromatic N) is 3. The van der Waals surface area contributed by atoms with Crippen LogP contribution in [0.15, 0.2) is 205 Å². The summed E-state index contributed by atoms with van der Waals surface area (Å²) in [5, 5.41) is 4.35. The van der Waals surface area contributed by atoms with Crippen molar-refractivity contribution >= 4 is 43.7 Å². The number of hydrogen-bond acceptors (Lipinski definition) is 3. The van der Waals surface area contributed by atoms with Crippen LogP contribution in [0.2, 0.25) is 0 Å². The first-order valence-electron chi connectivity index (χ1n) is 18.9. The summed E-state index contributed by atoms with van der Waals surface area (Å²) >= 11 is 0. The molecule has 0 aliphatic carbocycles. The summed E-state index contributed by atoms with van der Waals surface area (Å²) in [4.78, 5) is 10.7. The molecule has 8 aromatic carbocycles. The molecule has 0 fully saturated rings. The van der Waals surface area contributed by atoms with Gasteiger partial charge in [-0.25, -0.2) is 9.97 Å². The number of aromatic nitrogens is 3. The summed E-state index contributed by atoms with van der Waals surface area (Å²) in [5.74, 6) is 0.605. The Labute approximate surface area is 323 Å². The molecule has 0 aliphatic heterocycles. The number of para-hydroxylation sites is 1. The maximum atomic E-state index is 7.12. The molecule has 0 radical (unpaired) electrons. The van der Waals surface area contributed by atoms with E-state index in [4.69, 9.17) is 14.4 Å². The monoisotopic (exact) mass is 715 g/mol. The van der Waals surface area contributed by atoms with Crippen LogP contribution in [0, 0.1) is 0 Å². The van der Waals surface area contributed by atoms with Gasteiger partial charge in [0.25, 0.3) is 0 Å². The maximum absolute atomic E-state index is 7.12. The lowest BCUT2D eigenvalue weighted by Crippen LogP contribution is -2.04. The van der Waals surface area contributed by atoms with Gasteiger partial charge in [0.05, 0.1) is 22.4 Å². The van der Waals surface area contributed by atoms with Crippen molar-refractivity contribution in [3.8, 4) is 61.8 Å². The van der Waals surface area contributed by atoms with Crippen molar-refractivity contribution in [1.29, 1.82) is 0 Å². The molecule has 262 valence electrons. The Balaban J connectivity index is 1.32. The minimum absolute atomic E-state index is 0.605. The molecule has 56 heavy (non-hydrogen) atoms. The molecule has 0 amide bonds. The van der Waals surface area contributed by atoms with E-state index < -0.39 is 0 Å². The second kappa shape index (κ2) is 13.1. The summed E-state index contributed by atoms with van der Waals surface area (Å²) in [6.45, 7) is 0. The molecular formula is C52H33N3O. The van der Waals surface area contributed by atoms with Gasteiger partial charge in [0.2, 0.25) is 5.95 Å². The third-order valence-electron chi connectivity index (χ3n) is 10.8. The lowest BCUT2D eigenvalue weighted by molar-refractivity contribution is 0.671. The quantitative estimate of drug-likeness (QED) is 0.172. The molecule has 0 aliphatic rings. The third-order valence-corrected chi connectivity index (χ3v) is 10.8. The minimum atomic E-state index is 0.605. The number of rotatable bonds is 6. The van der Waals surface area contributed by atoms with E-state index >= 15 is 0 Å². The molecule has 0 spiro atoms. The van der Waals surface area contributed by atoms with Crippen molar-refractivity contribution in [3.63, 3.8) is 0 Å². The number of fused-ring (bicyclic) bond motifs is 7. The second-order valence-corrected chi connectivity index (χ2v) is 14.1. The van der Waals surface area contributed by atoms with Gasteiger partial charge in [0, 0.05) is 43.8 Å². The third kappa shape index (κ3) is 5.23. The van der Waals surface area contributed by atoms with Crippen LogP contribution in [-0.2, 0) is 0 Å². The smallest absolute Gasteiger partial charge is 0.235 e. The van der Waals surface area contributed by atoms with Crippen LogP contribution in [0.5, 0.6) is 0 Å². The van der Waals surface area contributed by atoms with Crippen LogP contribution in [0.3, 0.4) is 0 Å². The molecule has 4 nitrogen and oxygen atoms in total. The van der Waals surface area contributed by atoms with Crippen molar-refractivity contribution in [2.75, 3.05) is 0 Å². The lowest BCUT2D eigenvalue weighted by atomic mass is 9.96. The molecule has 0 atom stereocenters. The van der Waals surface area contributed by atoms with Crippen LogP contribution < -0.4 is 0 Å². The van der Waals surface area contributed by atoms with Crippen molar-refractivity contribution in [2.45, 2.75) is 0 Å². The van der Waals surface area contributed by atoms with E-state index in [1.54, 1.807) is 0 Å². The van der Waals surface area contributed by atoms with Gasteiger partial charge in [-0.2, -0.15) is 0 Å². The zero-order valence-corrected chi connectivity index (χ0v) is 30.3. The van der Waals surface area contributed by atoms with Gasteiger partial charge in [0.1, 0.15) is 11.2 Å². The first kappa shape index (κ1) is 31.9. The largest absolute Gasteiger partial charge is 0.455 e. The predicted molar refractivity (Wildman–Crippen MR) is 231 cm³/mol. The van der Waals surface area contributed by atoms with E-state index in [2.05, 4.69) is 193 Å².